The number of urea groups is 1. The Balaban J connectivity index is 0.00000616. The predicted molar refractivity (Wildman–Crippen MR) is 172 cm³/mol. The lowest BCUT2D eigenvalue weighted by molar-refractivity contribution is -0.683. The number of amides is 2. The van der Waals surface area contributed by atoms with Gasteiger partial charge in [-0.2, -0.15) is 4.57 Å². The Hall–Kier alpha value is -2.58. The fourth-order valence-electron chi connectivity index (χ4n) is 4.89. The van der Waals surface area contributed by atoms with Gasteiger partial charge in [0.25, 0.3) is 0 Å². The van der Waals surface area contributed by atoms with Gasteiger partial charge in [0.1, 0.15) is 0 Å². The average Bonchev–Trinajstić information content (AvgIpc) is 3.49. The van der Waals surface area contributed by atoms with Crippen LogP contribution < -0.4 is 41.7 Å². The second-order valence-electron chi connectivity index (χ2n) is 10.8. The number of methoxy groups -OCH3 is 1. The molecule has 2 aromatic carbocycles. The molecule has 1 heterocycles. The maximum absolute atomic E-state index is 12.5. The van der Waals surface area contributed by atoms with Crippen molar-refractivity contribution < 1.29 is 35.8 Å². The maximum atomic E-state index is 12.5. The van der Waals surface area contributed by atoms with Crippen LogP contribution in [0, 0.1) is 0 Å². The number of nitrogens with zero attached hydrogens (tertiary/aromatic N) is 1. The van der Waals surface area contributed by atoms with Crippen LogP contribution in [0.4, 0.5) is 16.2 Å². The molecule has 1 aromatic heterocycles. The molecule has 3 aromatic rings. The van der Waals surface area contributed by atoms with Crippen molar-refractivity contribution in [2.75, 3.05) is 24.4 Å². The number of carbonyl (C=O) groups is 1. The molecule has 0 radical (unpaired) electrons. The van der Waals surface area contributed by atoms with Gasteiger partial charge >= 0.3 is 6.03 Å². The molecule has 0 aliphatic carbocycles. The molecule has 3 rings (SSSR count). The Kier molecular flexibility index (Phi) is 18.7. The SMILES string of the molecule is CCCCCCCCCCCCCCCCOc1ccc(NC(=O)Nc2ccc(C[n+]3ccsc3)cc2)cc1OC.[Br-]. The molecule has 0 aliphatic rings. The number of unbranched alkanes of at least 4 members (excludes halogenated alkanes) is 13. The van der Waals surface area contributed by atoms with Crippen molar-refractivity contribution in [2.24, 2.45) is 0 Å². The summed E-state index contributed by atoms with van der Waals surface area (Å²) in [5.41, 5.74) is 4.63. The highest BCUT2D eigenvalue weighted by atomic mass is 79.9. The summed E-state index contributed by atoms with van der Waals surface area (Å²) in [5.74, 6) is 1.32. The molecular formula is C34H50BrN3O3S. The lowest BCUT2D eigenvalue weighted by atomic mass is 10.0. The lowest BCUT2D eigenvalue weighted by Gasteiger charge is -2.13. The number of thiazole rings is 1. The average molecular weight is 661 g/mol. The summed E-state index contributed by atoms with van der Waals surface area (Å²) in [6.07, 6.45) is 20.8. The first kappa shape index (κ1) is 35.6. The van der Waals surface area contributed by atoms with E-state index in [0.717, 1.165) is 18.7 Å². The first-order valence-electron chi connectivity index (χ1n) is 15.6. The first-order valence-corrected chi connectivity index (χ1v) is 16.5. The van der Waals surface area contributed by atoms with Crippen LogP contribution >= 0.6 is 11.3 Å². The van der Waals surface area contributed by atoms with E-state index in [2.05, 4.69) is 39.2 Å². The number of hydrogen-bond donors (Lipinski definition) is 2. The van der Waals surface area contributed by atoms with E-state index >= 15 is 0 Å². The summed E-state index contributed by atoms with van der Waals surface area (Å²) in [7, 11) is 1.62. The van der Waals surface area contributed by atoms with Crippen molar-refractivity contribution in [2.45, 2.75) is 103 Å². The van der Waals surface area contributed by atoms with E-state index in [-0.39, 0.29) is 23.0 Å². The normalized spacial score (nSPS) is 10.6. The highest BCUT2D eigenvalue weighted by molar-refractivity contribution is 7.07. The quantitative estimate of drug-likeness (QED) is 0.100. The molecule has 0 atom stereocenters. The monoisotopic (exact) mass is 659 g/mol. The third-order valence-corrected chi connectivity index (χ3v) is 7.95. The number of hydrogen-bond acceptors (Lipinski definition) is 4. The fraction of sp³-hybridized carbons (Fsp3) is 0.529. The van der Waals surface area contributed by atoms with Crippen LogP contribution in [-0.4, -0.2) is 19.7 Å². The van der Waals surface area contributed by atoms with Crippen LogP contribution in [0.3, 0.4) is 0 Å². The number of benzene rings is 2. The van der Waals surface area contributed by atoms with Crippen LogP contribution in [-0.2, 0) is 6.54 Å². The van der Waals surface area contributed by atoms with Crippen molar-refractivity contribution >= 4 is 28.7 Å². The molecule has 2 amide bonds. The van der Waals surface area contributed by atoms with E-state index in [0.29, 0.717) is 23.8 Å². The molecule has 232 valence electrons. The van der Waals surface area contributed by atoms with Crippen molar-refractivity contribution in [1.29, 1.82) is 0 Å². The van der Waals surface area contributed by atoms with Gasteiger partial charge in [0.15, 0.2) is 24.2 Å². The second-order valence-corrected chi connectivity index (χ2v) is 11.5. The van der Waals surface area contributed by atoms with Crippen molar-refractivity contribution in [3.8, 4) is 11.5 Å². The number of carbonyl (C=O) groups excluding carboxylic acids is 1. The number of aromatic nitrogens is 1. The molecule has 0 saturated heterocycles. The minimum Gasteiger partial charge on any atom is -1.00 e. The van der Waals surface area contributed by atoms with E-state index in [4.69, 9.17) is 9.47 Å². The van der Waals surface area contributed by atoms with Gasteiger partial charge < -0.3 is 37.1 Å². The van der Waals surface area contributed by atoms with E-state index in [1.807, 2.05) is 36.4 Å². The van der Waals surface area contributed by atoms with E-state index < -0.39 is 0 Å². The molecule has 0 spiro atoms. The van der Waals surface area contributed by atoms with E-state index in [1.165, 1.54) is 89.0 Å². The van der Waals surface area contributed by atoms with Crippen LogP contribution in [0.15, 0.2) is 59.6 Å². The zero-order valence-corrected chi connectivity index (χ0v) is 27.9. The smallest absolute Gasteiger partial charge is 0.323 e. The van der Waals surface area contributed by atoms with Gasteiger partial charge in [-0.1, -0.05) is 114 Å². The lowest BCUT2D eigenvalue weighted by Crippen LogP contribution is -3.00. The molecule has 0 saturated carbocycles. The van der Waals surface area contributed by atoms with Crippen molar-refractivity contribution in [3.63, 3.8) is 0 Å². The van der Waals surface area contributed by atoms with Gasteiger partial charge in [-0.15, -0.1) is 0 Å². The zero-order valence-electron chi connectivity index (χ0n) is 25.5. The molecule has 0 unspecified atom stereocenters. The minimum atomic E-state index is -0.303. The second kappa shape index (κ2) is 22.0. The van der Waals surface area contributed by atoms with Crippen LogP contribution in [0.25, 0.3) is 0 Å². The van der Waals surface area contributed by atoms with Gasteiger partial charge in [0.05, 0.1) is 19.1 Å². The molecule has 0 fully saturated rings. The fourth-order valence-corrected chi connectivity index (χ4v) is 5.49. The minimum absolute atomic E-state index is 0. The third-order valence-electron chi connectivity index (χ3n) is 7.28. The molecular weight excluding hydrogens is 610 g/mol. The first-order chi connectivity index (χ1) is 20.2. The Morgan fingerprint density at radius 1 is 0.762 bits per heavy atom. The van der Waals surface area contributed by atoms with Crippen LogP contribution in [0.2, 0.25) is 0 Å². The molecule has 0 bridgehead atoms. The topological polar surface area (TPSA) is 63.5 Å². The summed E-state index contributed by atoms with van der Waals surface area (Å²) >= 11 is 1.67. The van der Waals surface area contributed by atoms with Crippen LogP contribution in [0.5, 0.6) is 11.5 Å². The van der Waals surface area contributed by atoms with Gasteiger partial charge in [-0.05, 0) is 30.7 Å². The number of rotatable bonds is 21. The Labute approximate surface area is 268 Å². The summed E-state index contributed by atoms with van der Waals surface area (Å²) < 4.78 is 13.6. The number of ether oxygens (including phenoxy) is 2. The summed E-state index contributed by atoms with van der Waals surface area (Å²) in [6, 6.07) is 13.1. The van der Waals surface area contributed by atoms with Gasteiger partial charge in [0.2, 0.25) is 5.51 Å². The summed E-state index contributed by atoms with van der Waals surface area (Å²) in [5, 5.41) is 7.81. The predicted octanol–water partition coefficient (Wildman–Crippen LogP) is 6.60. The van der Waals surface area contributed by atoms with Gasteiger partial charge in [-0.3, -0.25) is 0 Å². The van der Waals surface area contributed by atoms with Crippen molar-refractivity contribution in [1.82, 2.24) is 0 Å². The number of halogens is 1. The highest BCUT2D eigenvalue weighted by Gasteiger charge is 2.09. The van der Waals surface area contributed by atoms with E-state index in [1.54, 1.807) is 24.5 Å². The van der Waals surface area contributed by atoms with Gasteiger partial charge in [-0.25, -0.2) is 4.79 Å². The molecule has 2 N–H and O–H groups in total. The maximum Gasteiger partial charge on any atom is 0.323 e. The van der Waals surface area contributed by atoms with Gasteiger partial charge in [0, 0.05) is 23.0 Å². The molecule has 8 heteroatoms. The Morgan fingerprint density at radius 2 is 1.33 bits per heavy atom. The largest absolute Gasteiger partial charge is 1.00 e. The third kappa shape index (κ3) is 14.5. The summed E-state index contributed by atoms with van der Waals surface area (Å²) in [6.45, 7) is 3.76. The molecule has 6 nitrogen and oxygen atoms in total. The molecule has 42 heavy (non-hydrogen) atoms. The number of nitrogens with one attached hydrogen (secondary N) is 2. The molecule has 0 aliphatic heterocycles. The Bertz CT molecular complexity index is 1110. The zero-order chi connectivity index (χ0) is 29.0. The van der Waals surface area contributed by atoms with Crippen LogP contribution in [0.1, 0.15) is 102 Å². The highest BCUT2D eigenvalue weighted by Crippen LogP contribution is 2.30. The standard InChI is InChI=1S/C34H49N3O3S.BrH/c1-3-4-5-6-7-8-9-10-11-12-13-14-15-16-24-40-32-22-21-31(26-33(32)39-2)36-34(38)35-30-19-17-29(18-20-30)27-37-23-25-41-28-37;/h17-23,25-26,28H,3-16,24,27H2,1-2H3,(H-,35,36,38);1H. The Morgan fingerprint density at radius 3 is 1.90 bits per heavy atom. The van der Waals surface area contributed by atoms with E-state index in [9.17, 15) is 4.79 Å². The van der Waals surface area contributed by atoms with Crippen molar-refractivity contribution in [3.05, 3.63) is 65.1 Å². The number of anilines is 2. The summed E-state index contributed by atoms with van der Waals surface area (Å²) in [4.78, 5) is 12.5.